The number of aromatic amines is 1. The van der Waals surface area contributed by atoms with Crippen molar-refractivity contribution in [3.8, 4) is 0 Å². The van der Waals surface area contributed by atoms with Crippen LogP contribution < -0.4 is 0 Å². The van der Waals surface area contributed by atoms with Crippen LogP contribution in [0.15, 0.2) is 24.3 Å². The zero-order valence-corrected chi connectivity index (χ0v) is 10.8. The van der Waals surface area contributed by atoms with Gasteiger partial charge in [-0.1, -0.05) is 6.07 Å². The second-order valence-electron chi connectivity index (χ2n) is 4.30. The first-order valence-corrected chi connectivity index (χ1v) is 5.93. The molecule has 0 spiro atoms. The van der Waals surface area contributed by atoms with Crippen molar-refractivity contribution in [2.75, 3.05) is 7.11 Å². The van der Waals surface area contributed by atoms with Crippen molar-refractivity contribution in [3.05, 3.63) is 35.5 Å². The van der Waals surface area contributed by atoms with E-state index < -0.39 is 0 Å². The number of H-pyrrole nitrogens is 1. The molecule has 0 fully saturated rings. The summed E-state index contributed by atoms with van der Waals surface area (Å²) in [6.07, 6.45) is 0.348. The van der Waals surface area contributed by atoms with Gasteiger partial charge in [0.15, 0.2) is 0 Å². The van der Waals surface area contributed by atoms with Crippen LogP contribution >= 0.6 is 0 Å². The summed E-state index contributed by atoms with van der Waals surface area (Å²) < 4.78 is 9.60. The maximum Gasteiger partial charge on any atom is 0.338 e. The fourth-order valence-electron chi connectivity index (χ4n) is 2.06. The van der Waals surface area contributed by atoms with Gasteiger partial charge in [-0.15, -0.1) is 0 Å². The Hall–Kier alpha value is -2.30. The summed E-state index contributed by atoms with van der Waals surface area (Å²) in [6.45, 7) is 2.24. The molecule has 0 saturated heterocycles. The molecular formula is C14H15NO4. The molecule has 5 nitrogen and oxygen atoms in total. The molecular weight excluding hydrogens is 246 g/mol. The van der Waals surface area contributed by atoms with Gasteiger partial charge < -0.3 is 14.5 Å². The Morgan fingerprint density at radius 3 is 2.95 bits per heavy atom. The van der Waals surface area contributed by atoms with Gasteiger partial charge in [-0.3, -0.25) is 4.79 Å². The summed E-state index contributed by atoms with van der Waals surface area (Å²) in [5, 5.41) is 0.808. The number of carbonyl (C=O) groups excluding carboxylic acids is 2. The number of esters is 1. The first-order chi connectivity index (χ1) is 9.15. The number of aromatic nitrogens is 1. The van der Waals surface area contributed by atoms with Gasteiger partial charge in [0.25, 0.3) is 6.47 Å². The number of rotatable bonds is 5. The van der Waals surface area contributed by atoms with E-state index in [-0.39, 0.29) is 12.1 Å². The summed E-state index contributed by atoms with van der Waals surface area (Å²) in [7, 11) is 1.36. The van der Waals surface area contributed by atoms with Gasteiger partial charge in [0.05, 0.1) is 12.7 Å². The lowest BCUT2D eigenvalue weighted by atomic mass is 10.1. The molecule has 0 amide bonds. The minimum atomic E-state index is -0.367. The number of benzene rings is 1. The first-order valence-electron chi connectivity index (χ1n) is 5.93. The standard InChI is InChI=1S/C14H15NO4/c1-9(19-8-16)6-10-7-12-11(14(17)18-2)4-3-5-13(12)15-10/h3-5,7-9,15H,6H2,1-2H3. The lowest BCUT2D eigenvalue weighted by Crippen LogP contribution is -2.10. The zero-order chi connectivity index (χ0) is 13.8. The zero-order valence-electron chi connectivity index (χ0n) is 10.8. The molecule has 0 radical (unpaired) electrons. The normalized spacial score (nSPS) is 12.1. The van der Waals surface area contributed by atoms with Crippen LogP contribution in [0.1, 0.15) is 23.0 Å². The van der Waals surface area contributed by atoms with Gasteiger partial charge in [0.1, 0.15) is 6.10 Å². The number of carbonyl (C=O) groups is 2. The number of hydrogen-bond acceptors (Lipinski definition) is 4. The highest BCUT2D eigenvalue weighted by atomic mass is 16.5. The lowest BCUT2D eigenvalue weighted by molar-refractivity contribution is -0.132. The molecule has 2 aromatic rings. The van der Waals surface area contributed by atoms with E-state index in [1.54, 1.807) is 19.1 Å². The SMILES string of the molecule is COC(=O)c1cccc2[nH]c(CC(C)OC=O)cc12. The average molecular weight is 261 g/mol. The molecule has 0 aliphatic rings. The Bertz CT molecular complexity index is 603. The van der Waals surface area contributed by atoms with E-state index in [1.165, 1.54) is 7.11 Å². The van der Waals surface area contributed by atoms with E-state index >= 15 is 0 Å². The summed E-state index contributed by atoms with van der Waals surface area (Å²) in [5.74, 6) is -0.367. The van der Waals surface area contributed by atoms with Crippen molar-refractivity contribution < 1.29 is 19.1 Å². The highest BCUT2D eigenvalue weighted by Crippen LogP contribution is 2.21. The fraction of sp³-hybridized carbons (Fsp3) is 0.286. The monoisotopic (exact) mass is 261 g/mol. The smallest absolute Gasteiger partial charge is 0.338 e. The van der Waals surface area contributed by atoms with E-state index in [0.717, 1.165) is 16.6 Å². The van der Waals surface area contributed by atoms with E-state index in [1.807, 2.05) is 12.1 Å². The molecule has 1 atom stereocenters. The Morgan fingerprint density at radius 1 is 1.47 bits per heavy atom. The predicted molar refractivity (Wildman–Crippen MR) is 70.0 cm³/mol. The fourth-order valence-corrected chi connectivity index (χ4v) is 2.06. The van der Waals surface area contributed by atoms with Crippen molar-refractivity contribution >= 4 is 23.3 Å². The Balaban J connectivity index is 2.34. The molecule has 1 heterocycles. The maximum atomic E-state index is 11.7. The lowest BCUT2D eigenvalue weighted by Gasteiger charge is -2.06. The Labute approximate surface area is 110 Å². The van der Waals surface area contributed by atoms with Gasteiger partial charge in [-0.05, 0) is 25.1 Å². The van der Waals surface area contributed by atoms with E-state index in [2.05, 4.69) is 4.98 Å². The highest BCUT2D eigenvalue weighted by Gasteiger charge is 2.13. The van der Waals surface area contributed by atoms with Crippen LogP contribution in [0.3, 0.4) is 0 Å². The van der Waals surface area contributed by atoms with Crippen LogP contribution in [0.4, 0.5) is 0 Å². The van der Waals surface area contributed by atoms with Crippen LogP contribution in [0.2, 0.25) is 0 Å². The third-order valence-electron chi connectivity index (χ3n) is 2.92. The average Bonchev–Trinajstić information content (AvgIpc) is 2.79. The Kier molecular flexibility index (Phi) is 3.85. The minimum absolute atomic E-state index is 0.216. The van der Waals surface area contributed by atoms with Gasteiger partial charge in [-0.25, -0.2) is 4.79 Å². The molecule has 0 saturated carbocycles. The highest BCUT2D eigenvalue weighted by molar-refractivity contribution is 6.03. The molecule has 2 rings (SSSR count). The van der Waals surface area contributed by atoms with E-state index in [4.69, 9.17) is 9.47 Å². The molecule has 0 aliphatic heterocycles. The third kappa shape index (κ3) is 2.76. The number of hydrogen-bond donors (Lipinski definition) is 1. The minimum Gasteiger partial charge on any atom is -0.465 e. The van der Waals surface area contributed by atoms with Crippen molar-refractivity contribution in [2.45, 2.75) is 19.4 Å². The number of ether oxygens (including phenoxy) is 2. The summed E-state index contributed by atoms with van der Waals surface area (Å²) in [5.41, 5.74) is 2.28. The molecule has 1 unspecified atom stereocenters. The molecule has 1 aromatic heterocycles. The largest absolute Gasteiger partial charge is 0.465 e. The molecule has 0 bridgehead atoms. The van der Waals surface area contributed by atoms with Crippen molar-refractivity contribution in [3.63, 3.8) is 0 Å². The molecule has 1 N–H and O–H groups in total. The van der Waals surface area contributed by atoms with Crippen LogP contribution in [-0.2, 0) is 20.7 Å². The van der Waals surface area contributed by atoms with Crippen LogP contribution in [0.25, 0.3) is 10.9 Å². The quantitative estimate of drug-likeness (QED) is 0.660. The van der Waals surface area contributed by atoms with Crippen molar-refractivity contribution in [2.24, 2.45) is 0 Å². The number of methoxy groups -OCH3 is 1. The van der Waals surface area contributed by atoms with Gasteiger partial charge in [0.2, 0.25) is 0 Å². The first kappa shape index (κ1) is 13.1. The molecule has 5 heteroatoms. The summed E-state index contributed by atoms with van der Waals surface area (Å²) >= 11 is 0. The van der Waals surface area contributed by atoms with Gasteiger partial charge in [0, 0.05) is 23.0 Å². The molecule has 100 valence electrons. The molecule has 1 aromatic carbocycles. The van der Waals surface area contributed by atoms with Crippen molar-refractivity contribution in [1.82, 2.24) is 4.98 Å². The second kappa shape index (κ2) is 5.56. The van der Waals surface area contributed by atoms with E-state index in [0.29, 0.717) is 18.5 Å². The Morgan fingerprint density at radius 2 is 2.26 bits per heavy atom. The van der Waals surface area contributed by atoms with Gasteiger partial charge >= 0.3 is 5.97 Å². The topological polar surface area (TPSA) is 68.4 Å². The summed E-state index contributed by atoms with van der Waals surface area (Å²) in [6, 6.07) is 7.28. The second-order valence-corrected chi connectivity index (χ2v) is 4.30. The van der Waals surface area contributed by atoms with E-state index in [9.17, 15) is 9.59 Å². The van der Waals surface area contributed by atoms with Crippen LogP contribution in [-0.4, -0.2) is 30.6 Å². The molecule has 19 heavy (non-hydrogen) atoms. The van der Waals surface area contributed by atoms with Gasteiger partial charge in [-0.2, -0.15) is 0 Å². The third-order valence-corrected chi connectivity index (χ3v) is 2.92. The van der Waals surface area contributed by atoms with Crippen molar-refractivity contribution in [1.29, 1.82) is 0 Å². The van der Waals surface area contributed by atoms with Crippen LogP contribution in [0, 0.1) is 0 Å². The van der Waals surface area contributed by atoms with Crippen LogP contribution in [0.5, 0.6) is 0 Å². The summed E-state index contributed by atoms with van der Waals surface area (Å²) in [4.78, 5) is 25.1. The molecule has 0 aliphatic carbocycles. The number of fused-ring (bicyclic) bond motifs is 1. The number of nitrogens with one attached hydrogen (secondary N) is 1. The maximum absolute atomic E-state index is 11.7. The predicted octanol–water partition coefficient (Wildman–Crippen LogP) is 2.06.